The number of halogens is 1. The maximum atomic E-state index is 15.4. The molecule has 2 saturated heterocycles. The molecule has 0 radical (unpaired) electrons. The molecule has 204 valence electrons. The van der Waals surface area contributed by atoms with Gasteiger partial charge in [0.15, 0.2) is 0 Å². The number of carbonyl (C=O) groups is 1. The lowest BCUT2D eigenvalue weighted by Crippen LogP contribution is -2.37. The lowest BCUT2D eigenvalue weighted by Gasteiger charge is -2.30. The normalized spacial score (nSPS) is 22.5. The van der Waals surface area contributed by atoms with E-state index in [4.69, 9.17) is 4.74 Å². The maximum Gasteiger partial charge on any atom is 0.258 e. The molecule has 2 heterocycles. The summed E-state index contributed by atoms with van der Waals surface area (Å²) in [5.41, 5.74) is 5.69. The molecule has 1 aliphatic carbocycles. The lowest BCUT2D eigenvalue weighted by atomic mass is 10.1. The molecule has 0 aromatic heterocycles. The topological polar surface area (TPSA) is 36.0 Å². The Bertz CT molecular complexity index is 1290. The quantitative estimate of drug-likeness (QED) is 0.385. The number of ether oxygens (including phenoxy) is 1. The van der Waals surface area contributed by atoms with Crippen LogP contribution in [0.3, 0.4) is 0 Å². The number of nitrogens with zero attached hydrogens (tertiary/aromatic N) is 3. The number of aryl methyl sites for hydroxylation is 2. The van der Waals surface area contributed by atoms with Crippen LogP contribution in [-0.4, -0.2) is 56.7 Å². The molecule has 2 aliphatic heterocycles. The number of fused-ring (bicyclic) bond motifs is 1. The Morgan fingerprint density at radius 1 is 0.949 bits per heavy atom. The number of carbonyl (C=O) groups excluding carboxylic acids is 1. The second-order valence-electron chi connectivity index (χ2n) is 11.4. The van der Waals surface area contributed by atoms with Crippen molar-refractivity contribution in [1.29, 1.82) is 0 Å². The van der Waals surface area contributed by atoms with Gasteiger partial charge < -0.3 is 14.5 Å². The maximum absolute atomic E-state index is 15.4. The van der Waals surface area contributed by atoms with Gasteiger partial charge in [-0.2, -0.15) is 0 Å². The van der Waals surface area contributed by atoms with E-state index in [9.17, 15) is 4.79 Å². The molecule has 3 aromatic rings. The summed E-state index contributed by atoms with van der Waals surface area (Å²) >= 11 is 0. The van der Waals surface area contributed by atoms with E-state index in [2.05, 4.69) is 36.1 Å². The van der Waals surface area contributed by atoms with Gasteiger partial charge in [-0.3, -0.25) is 9.69 Å². The third-order valence-corrected chi connectivity index (χ3v) is 8.82. The van der Waals surface area contributed by atoms with Crippen LogP contribution in [0.15, 0.2) is 66.7 Å². The van der Waals surface area contributed by atoms with E-state index in [1.165, 1.54) is 11.1 Å². The average Bonchev–Trinajstić information content (AvgIpc) is 3.41. The van der Waals surface area contributed by atoms with Crippen molar-refractivity contribution in [2.75, 3.05) is 55.7 Å². The summed E-state index contributed by atoms with van der Waals surface area (Å²) in [6.45, 7) is 10.5. The molecular weight excluding hydrogens is 489 g/mol. The Morgan fingerprint density at radius 3 is 2.26 bits per heavy atom. The van der Waals surface area contributed by atoms with Crippen molar-refractivity contribution in [3.8, 4) is 0 Å². The van der Waals surface area contributed by atoms with E-state index in [-0.39, 0.29) is 11.7 Å². The zero-order valence-electron chi connectivity index (χ0n) is 23.0. The lowest BCUT2D eigenvalue weighted by molar-refractivity contribution is 0.0984. The first-order valence-electron chi connectivity index (χ1n) is 14.3. The first kappa shape index (κ1) is 26.0. The monoisotopic (exact) mass is 527 g/mol. The number of rotatable bonds is 8. The zero-order chi connectivity index (χ0) is 26.9. The first-order valence-corrected chi connectivity index (χ1v) is 14.3. The highest BCUT2D eigenvalue weighted by Gasteiger charge is 2.56. The first-order chi connectivity index (χ1) is 19.0. The molecule has 3 aliphatic rings. The molecule has 3 fully saturated rings. The fourth-order valence-electron chi connectivity index (χ4n) is 6.37. The van der Waals surface area contributed by atoms with Crippen molar-refractivity contribution in [3.63, 3.8) is 0 Å². The van der Waals surface area contributed by atoms with Gasteiger partial charge in [0, 0.05) is 50.5 Å². The molecular formula is C33H38FN3O2. The minimum atomic E-state index is -0.285. The van der Waals surface area contributed by atoms with Crippen LogP contribution >= 0.6 is 0 Å². The molecule has 2 unspecified atom stereocenters. The van der Waals surface area contributed by atoms with Gasteiger partial charge in [-0.1, -0.05) is 48.9 Å². The molecule has 1 saturated carbocycles. The van der Waals surface area contributed by atoms with Crippen molar-refractivity contribution in [2.24, 2.45) is 17.8 Å². The number of likely N-dealkylation sites (tertiary alicyclic amines) is 1. The average molecular weight is 528 g/mol. The van der Waals surface area contributed by atoms with E-state index in [1.54, 1.807) is 6.07 Å². The summed E-state index contributed by atoms with van der Waals surface area (Å²) < 4.78 is 20.8. The highest BCUT2D eigenvalue weighted by atomic mass is 19.1. The van der Waals surface area contributed by atoms with E-state index in [0.717, 1.165) is 31.6 Å². The Morgan fingerprint density at radius 2 is 1.62 bits per heavy atom. The fourth-order valence-corrected chi connectivity index (χ4v) is 6.37. The fraction of sp³-hybridized carbons (Fsp3) is 0.424. The molecule has 3 aromatic carbocycles. The summed E-state index contributed by atoms with van der Waals surface area (Å²) in [4.78, 5) is 20.1. The summed E-state index contributed by atoms with van der Waals surface area (Å²) in [6.07, 6.45) is 1.06. The van der Waals surface area contributed by atoms with E-state index < -0.39 is 0 Å². The summed E-state index contributed by atoms with van der Waals surface area (Å²) in [7, 11) is 0. The number of hydrogen-bond donors (Lipinski definition) is 0. The predicted octanol–water partition coefficient (Wildman–Crippen LogP) is 5.56. The van der Waals surface area contributed by atoms with Crippen molar-refractivity contribution >= 4 is 17.3 Å². The molecule has 5 nitrogen and oxygen atoms in total. The molecule has 39 heavy (non-hydrogen) atoms. The Hall–Kier alpha value is -3.22. The summed E-state index contributed by atoms with van der Waals surface area (Å²) in [5, 5.41) is 0. The molecule has 1 amide bonds. The Kier molecular flexibility index (Phi) is 7.41. The van der Waals surface area contributed by atoms with Crippen molar-refractivity contribution < 1.29 is 13.9 Å². The molecule has 0 N–H and O–H groups in total. The van der Waals surface area contributed by atoms with Crippen LogP contribution in [0.1, 0.15) is 34.0 Å². The minimum absolute atomic E-state index is 0.0635. The third kappa shape index (κ3) is 5.59. The molecule has 0 bridgehead atoms. The number of amides is 1. The Labute approximate surface area is 231 Å². The largest absolute Gasteiger partial charge is 0.378 e. The second kappa shape index (κ2) is 11.1. The highest BCUT2D eigenvalue weighted by molar-refractivity contribution is 6.06. The van der Waals surface area contributed by atoms with Gasteiger partial charge in [0.25, 0.3) is 5.91 Å². The molecule has 6 rings (SSSR count). The van der Waals surface area contributed by atoms with Gasteiger partial charge >= 0.3 is 0 Å². The van der Waals surface area contributed by atoms with Gasteiger partial charge in [0.2, 0.25) is 0 Å². The van der Waals surface area contributed by atoms with Crippen LogP contribution in [-0.2, 0) is 17.7 Å². The summed E-state index contributed by atoms with van der Waals surface area (Å²) in [5.74, 6) is 1.27. The van der Waals surface area contributed by atoms with Crippen LogP contribution in [0, 0.1) is 30.5 Å². The van der Waals surface area contributed by atoms with Crippen molar-refractivity contribution in [1.82, 2.24) is 4.90 Å². The predicted molar refractivity (Wildman–Crippen MR) is 154 cm³/mol. The van der Waals surface area contributed by atoms with Crippen molar-refractivity contribution in [3.05, 3.63) is 94.8 Å². The SMILES string of the molecule is CCc1ccc(CN2CC3C(C2)C3CN(C(=O)c2ccc(C)cc2)c2ccc(N3CCOCC3)c(F)c2)cc1. The number of hydrogen-bond acceptors (Lipinski definition) is 4. The van der Waals surface area contributed by atoms with Gasteiger partial charge in [-0.15, -0.1) is 0 Å². The van der Waals surface area contributed by atoms with Gasteiger partial charge in [-0.05, 0) is 72.6 Å². The standard InChI is InChI=1S/C33H38FN3O2/c1-3-24-6-8-25(9-7-24)19-35-20-28-29(21-35)30(28)22-37(33(38)26-10-4-23(2)5-11-26)27-12-13-32(31(34)18-27)36-14-16-39-17-15-36/h4-13,18,28-30H,3,14-17,19-22H2,1-2H3. The molecule has 0 spiro atoms. The number of piperidine rings is 1. The van der Waals surface area contributed by atoms with Crippen LogP contribution in [0.2, 0.25) is 0 Å². The highest BCUT2D eigenvalue weighted by Crippen LogP contribution is 2.52. The third-order valence-electron chi connectivity index (χ3n) is 8.82. The van der Waals surface area contributed by atoms with Gasteiger partial charge in [0.05, 0.1) is 18.9 Å². The van der Waals surface area contributed by atoms with Crippen LogP contribution in [0.5, 0.6) is 0 Å². The smallest absolute Gasteiger partial charge is 0.258 e. The van der Waals surface area contributed by atoms with Crippen LogP contribution in [0.4, 0.5) is 15.8 Å². The number of benzene rings is 3. The molecule has 2 atom stereocenters. The second-order valence-corrected chi connectivity index (χ2v) is 11.4. The van der Waals surface area contributed by atoms with E-state index in [0.29, 0.717) is 67.5 Å². The molecule has 6 heteroatoms. The van der Waals surface area contributed by atoms with E-state index >= 15 is 4.39 Å². The van der Waals surface area contributed by atoms with Gasteiger partial charge in [-0.25, -0.2) is 4.39 Å². The summed E-state index contributed by atoms with van der Waals surface area (Å²) in [6, 6.07) is 21.9. The number of anilines is 2. The van der Waals surface area contributed by atoms with Crippen LogP contribution in [0.25, 0.3) is 0 Å². The van der Waals surface area contributed by atoms with Crippen LogP contribution < -0.4 is 9.80 Å². The van der Waals surface area contributed by atoms with Gasteiger partial charge in [0.1, 0.15) is 5.82 Å². The van der Waals surface area contributed by atoms with E-state index in [1.807, 2.05) is 53.1 Å². The minimum Gasteiger partial charge on any atom is -0.378 e. The number of morpholine rings is 1. The van der Waals surface area contributed by atoms with Crippen molar-refractivity contribution in [2.45, 2.75) is 26.8 Å². The zero-order valence-corrected chi connectivity index (χ0v) is 23.0. The Balaban J connectivity index is 1.17.